The first-order chi connectivity index (χ1) is 6.39. The van der Waals surface area contributed by atoms with E-state index >= 15 is 0 Å². The minimum atomic E-state index is -4.85. The molecular formula is C9H16BF3N-. The van der Waals surface area contributed by atoms with E-state index in [9.17, 15) is 12.9 Å². The average Bonchev–Trinajstić information content (AvgIpc) is 1.95. The third-order valence-corrected chi connectivity index (χ3v) is 2.73. The van der Waals surface area contributed by atoms with E-state index in [2.05, 4.69) is 6.58 Å². The molecule has 0 aromatic carbocycles. The van der Waals surface area contributed by atoms with Gasteiger partial charge in [0.2, 0.25) is 0 Å². The molecule has 0 amide bonds. The van der Waals surface area contributed by atoms with Crippen molar-refractivity contribution in [3.05, 3.63) is 12.1 Å². The smallest absolute Gasteiger partial charge is 0.445 e. The van der Waals surface area contributed by atoms with Crippen molar-refractivity contribution in [1.29, 1.82) is 0 Å². The van der Waals surface area contributed by atoms with Crippen molar-refractivity contribution in [1.82, 2.24) is 4.90 Å². The molecule has 0 saturated heterocycles. The summed E-state index contributed by atoms with van der Waals surface area (Å²) >= 11 is 0. The Morgan fingerprint density at radius 2 is 2.00 bits per heavy atom. The summed E-state index contributed by atoms with van der Waals surface area (Å²) in [7, 11) is 1.73. The Labute approximate surface area is 83.0 Å². The molecule has 1 saturated carbocycles. The second-order valence-corrected chi connectivity index (χ2v) is 4.23. The number of halogens is 3. The number of likely N-dealkylation sites (N-methyl/N-ethyl adjacent to an activating group) is 1. The maximum atomic E-state index is 12.2. The molecule has 0 unspecified atom stereocenters. The molecule has 0 aromatic heterocycles. The summed E-state index contributed by atoms with van der Waals surface area (Å²) in [5.41, 5.74) is -0.591. The van der Waals surface area contributed by atoms with Gasteiger partial charge in [0, 0.05) is 6.54 Å². The molecule has 14 heavy (non-hydrogen) atoms. The van der Waals surface area contributed by atoms with E-state index in [4.69, 9.17) is 0 Å². The lowest BCUT2D eigenvalue weighted by Gasteiger charge is -2.32. The Balaban J connectivity index is 2.25. The van der Waals surface area contributed by atoms with E-state index in [0.29, 0.717) is 5.92 Å². The first kappa shape index (κ1) is 11.6. The molecule has 0 aliphatic heterocycles. The van der Waals surface area contributed by atoms with Crippen LogP contribution < -0.4 is 0 Å². The number of rotatable bonds is 5. The molecule has 0 spiro atoms. The SMILES string of the molecule is C=C(CN(C)CC1CCC1)[B-](F)(F)F. The summed E-state index contributed by atoms with van der Waals surface area (Å²) in [6, 6.07) is 0. The number of hydrogen-bond donors (Lipinski definition) is 0. The molecule has 1 aliphatic rings. The summed E-state index contributed by atoms with van der Waals surface area (Å²) in [4.78, 5) is 1.72. The van der Waals surface area contributed by atoms with Crippen LogP contribution in [0.25, 0.3) is 0 Å². The Morgan fingerprint density at radius 1 is 1.43 bits per heavy atom. The zero-order chi connectivity index (χ0) is 10.8. The van der Waals surface area contributed by atoms with Crippen LogP contribution in [0.15, 0.2) is 12.1 Å². The summed E-state index contributed by atoms with van der Waals surface area (Å²) < 4.78 is 36.5. The highest BCUT2D eigenvalue weighted by molar-refractivity contribution is 6.66. The highest BCUT2D eigenvalue weighted by Crippen LogP contribution is 2.27. The van der Waals surface area contributed by atoms with Gasteiger partial charge in [0.25, 0.3) is 0 Å². The minimum Gasteiger partial charge on any atom is -0.445 e. The van der Waals surface area contributed by atoms with Gasteiger partial charge in [0.15, 0.2) is 0 Å². The standard InChI is InChI=1S/C9H16BF3N/c1-8(10(11,12)13)6-14(2)7-9-4-3-5-9/h9H,1,3-7H2,2H3/q-1. The Hall–Kier alpha value is -0.445. The van der Waals surface area contributed by atoms with Gasteiger partial charge < -0.3 is 17.8 Å². The van der Waals surface area contributed by atoms with Crippen LogP contribution in [0.1, 0.15) is 19.3 Å². The largest absolute Gasteiger partial charge is 0.506 e. The van der Waals surface area contributed by atoms with Crippen LogP contribution in [0.4, 0.5) is 12.9 Å². The Bertz CT molecular complexity index is 211. The van der Waals surface area contributed by atoms with Gasteiger partial charge in [-0.25, -0.2) is 0 Å². The van der Waals surface area contributed by atoms with Crippen molar-refractivity contribution in [2.24, 2.45) is 5.92 Å². The van der Waals surface area contributed by atoms with E-state index in [1.54, 1.807) is 11.9 Å². The number of hydrogen-bond acceptors (Lipinski definition) is 1. The highest BCUT2D eigenvalue weighted by atomic mass is 19.4. The van der Waals surface area contributed by atoms with Gasteiger partial charge in [-0.3, -0.25) is 0 Å². The van der Waals surface area contributed by atoms with Crippen molar-refractivity contribution in [2.75, 3.05) is 20.1 Å². The van der Waals surface area contributed by atoms with E-state index in [1.165, 1.54) is 6.42 Å². The van der Waals surface area contributed by atoms with Crippen LogP contribution in [0.5, 0.6) is 0 Å². The van der Waals surface area contributed by atoms with E-state index in [-0.39, 0.29) is 6.54 Å². The van der Waals surface area contributed by atoms with Crippen LogP contribution in [0, 0.1) is 5.92 Å². The summed E-state index contributed by atoms with van der Waals surface area (Å²) in [6.07, 6.45) is 3.55. The van der Waals surface area contributed by atoms with Gasteiger partial charge in [-0.2, -0.15) is 0 Å². The fourth-order valence-electron chi connectivity index (χ4n) is 1.63. The fraction of sp³-hybridized carbons (Fsp3) is 0.778. The average molecular weight is 206 g/mol. The lowest BCUT2D eigenvalue weighted by molar-refractivity contribution is 0.215. The molecule has 1 nitrogen and oxygen atoms in total. The molecule has 1 rings (SSSR count). The molecule has 82 valence electrons. The van der Waals surface area contributed by atoms with Crippen LogP contribution in [-0.2, 0) is 0 Å². The molecule has 0 heterocycles. The fourth-order valence-corrected chi connectivity index (χ4v) is 1.63. The maximum absolute atomic E-state index is 12.2. The van der Waals surface area contributed by atoms with Crippen LogP contribution in [0.2, 0.25) is 0 Å². The van der Waals surface area contributed by atoms with Gasteiger partial charge in [0.1, 0.15) is 0 Å². The van der Waals surface area contributed by atoms with Gasteiger partial charge in [-0.05, 0) is 32.4 Å². The molecule has 0 bridgehead atoms. The molecule has 0 aromatic rings. The predicted molar refractivity (Wildman–Crippen MR) is 53.1 cm³/mol. The topological polar surface area (TPSA) is 3.24 Å². The quantitative estimate of drug-likeness (QED) is 0.625. The zero-order valence-electron chi connectivity index (χ0n) is 8.48. The zero-order valence-corrected chi connectivity index (χ0v) is 8.48. The van der Waals surface area contributed by atoms with Gasteiger partial charge in [-0.15, -0.1) is 12.1 Å². The molecule has 0 radical (unpaired) electrons. The van der Waals surface area contributed by atoms with Crippen molar-refractivity contribution in [3.8, 4) is 0 Å². The Morgan fingerprint density at radius 3 is 2.36 bits per heavy atom. The summed E-state index contributed by atoms with van der Waals surface area (Å²) in [5, 5.41) is 0. The van der Waals surface area contributed by atoms with Crippen molar-refractivity contribution in [3.63, 3.8) is 0 Å². The van der Waals surface area contributed by atoms with Crippen molar-refractivity contribution < 1.29 is 12.9 Å². The van der Waals surface area contributed by atoms with Gasteiger partial charge in [0.05, 0.1) is 0 Å². The third-order valence-electron chi connectivity index (χ3n) is 2.73. The van der Waals surface area contributed by atoms with E-state index in [1.807, 2.05) is 0 Å². The summed E-state index contributed by atoms with van der Waals surface area (Å²) in [6.45, 7) is -1.05. The van der Waals surface area contributed by atoms with Crippen LogP contribution >= 0.6 is 0 Å². The lowest BCUT2D eigenvalue weighted by Crippen LogP contribution is -2.34. The van der Waals surface area contributed by atoms with E-state index in [0.717, 1.165) is 19.4 Å². The predicted octanol–water partition coefficient (Wildman–Crippen LogP) is 2.66. The molecule has 5 heteroatoms. The minimum absolute atomic E-state index is 0.0417. The highest BCUT2D eigenvalue weighted by Gasteiger charge is 2.28. The van der Waals surface area contributed by atoms with Crippen molar-refractivity contribution >= 4 is 6.98 Å². The summed E-state index contributed by atoms with van der Waals surface area (Å²) in [5.74, 6) is 0.605. The Kier molecular flexibility index (Phi) is 3.64. The molecular weight excluding hydrogens is 190 g/mol. The maximum Gasteiger partial charge on any atom is 0.506 e. The second-order valence-electron chi connectivity index (χ2n) is 4.23. The molecule has 1 fully saturated rings. The first-order valence-electron chi connectivity index (χ1n) is 4.95. The number of nitrogens with zero attached hydrogens (tertiary/aromatic N) is 1. The first-order valence-corrected chi connectivity index (χ1v) is 4.95. The van der Waals surface area contributed by atoms with Gasteiger partial charge in [-0.1, -0.05) is 6.42 Å². The van der Waals surface area contributed by atoms with Crippen LogP contribution in [0.3, 0.4) is 0 Å². The molecule has 1 aliphatic carbocycles. The molecule has 0 atom stereocenters. The molecule has 0 N–H and O–H groups in total. The lowest BCUT2D eigenvalue weighted by atomic mass is 9.79. The monoisotopic (exact) mass is 206 g/mol. The van der Waals surface area contributed by atoms with Crippen LogP contribution in [-0.4, -0.2) is 32.0 Å². The normalized spacial score (nSPS) is 18.4. The van der Waals surface area contributed by atoms with Gasteiger partial charge >= 0.3 is 6.98 Å². The van der Waals surface area contributed by atoms with E-state index < -0.39 is 12.4 Å². The van der Waals surface area contributed by atoms with Crippen molar-refractivity contribution in [2.45, 2.75) is 19.3 Å². The second kappa shape index (κ2) is 4.38. The third kappa shape index (κ3) is 3.37.